The highest BCUT2D eigenvalue weighted by Gasteiger charge is 2.12. The van der Waals surface area contributed by atoms with E-state index >= 15 is 0 Å². The first-order valence-corrected chi connectivity index (χ1v) is 5.81. The molecule has 1 heterocycles. The van der Waals surface area contributed by atoms with Gasteiger partial charge in [0.2, 0.25) is 0 Å². The predicted molar refractivity (Wildman–Crippen MR) is 67.2 cm³/mol. The maximum Gasteiger partial charge on any atom is 0.115 e. The largest absolute Gasteiger partial charge is 0.320 e. The molecule has 0 saturated carbocycles. The molecule has 0 amide bonds. The van der Waals surface area contributed by atoms with E-state index in [1.807, 2.05) is 18.2 Å². The number of aromatic nitrogens is 2. The Hall–Kier alpha value is -0.970. The van der Waals surface area contributed by atoms with Gasteiger partial charge in [-0.1, -0.05) is 33.6 Å². The molecule has 2 N–H and O–H groups in total. The molecule has 1 aromatic carbocycles. The predicted octanol–water partition coefficient (Wildman–Crippen LogP) is 2.94. The molecule has 0 spiro atoms. The Morgan fingerprint density at radius 3 is 2.56 bits per heavy atom. The zero-order valence-corrected chi connectivity index (χ0v) is 10.6. The van der Waals surface area contributed by atoms with Crippen molar-refractivity contribution in [1.29, 1.82) is 0 Å². The molecule has 2 aromatic rings. The lowest BCUT2D eigenvalue weighted by atomic mass is 10.0. The summed E-state index contributed by atoms with van der Waals surface area (Å²) in [6, 6.07) is 5.27. The third kappa shape index (κ3) is 2.40. The molecule has 0 bridgehead atoms. The van der Waals surface area contributed by atoms with Gasteiger partial charge in [0, 0.05) is 27.5 Å². The number of benzene rings is 1. The van der Waals surface area contributed by atoms with E-state index < -0.39 is 0 Å². The Morgan fingerprint density at radius 2 is 1.94 bits per heavy atom. The van der Waals surface area contributed by atoms with Crippen LogP contribution < -0.4 is 5.73 Å². The van der Waals surface area contributed by atoms with E-state index in [9.17, 15) is 0 Å². The molecule has 0 aliphatic heterocycles. The molecular weight excluding hydrogens is 289 g/mol. The number of halogens is 2. The van der Waals surface area contributed by atoms with Crippen LogP contribution in [0, 0.1) is 0 Å². The van der Waals surface area contributed by atoms with Gasteiger partial charge in [-0.2, -0.15) is 0 Å². The molecule has 0 fully saturated rings. The van der Waals surface area contributed by atoms with E-state index in [-0.39, 0.29) is 6.04 Å². The van der Waals surface area contributed by atoms with Gasteiger partial charge in [-0.15, -0.1) is 0 Å². The van der Waals surface area contributed by atoms with E-state index in [4.69, 9.17) is 17.3 Å². The van der Waals surface area contributed by atoms with Crippen LogP contribution in [0.25, 0.3) is 0 Å². The summed E-state index contributed by atoms with van der Waals surface area (Å²) in [4.78, 5) is 7.89. The summed E-state index contributed by atoms with van der Waals surface area (Å²) in [6.45, 7) is 0. The lowest BCUT2D eigenvalue weighted by Crippen LogP contribution is -2.13. The second-order valence-electron chi connectivity index (χ2n) is 3.32. The highest BCUT2D eigenvalue weighted by molar-refractivity contribution is 9.10. The molecule has 1 atom stereocenters. The van der Waals surface area contributed by atoms with Gasteiger partial charge in [0.25, 0.3) is 0 Å². The van der Waals surface area contributed by atoms with Crippen LogP contribution in [0.1, 0.15) is 17.2 Å². The molecule has 0 saturated heterocycles. The maximum absolute atomic E-state index is 6.11. The van der Waals surface area contributed by atoms with Gasteiger partial charge in [0.15, 0.2) is 0 Å². The van der Waals surface area contributed by atoms with Gasteiger partial charge >= 0.3 is 0 Å². The summed E-state index contributed by atoms with van der Waals surface area (Å²) >= 11 is 9.31. The zero-order valence-electron chi connectivity index (χ0n) is 8.27. The molecular formula is C11H9BrClN3. The van der Waals surface area contributed by atoms with Gasteiger partial charge in [-0.25, -0.2) is 9.97 Å². The van der Waals surface area contributed by atoms with Crippen molar-refractivity contribution in [3.63, 3.8) is 0 Å². The van der Waals surface area contributed by atoms with Crippen molar-refractivity contribution in [3.05, 3.63) is 57.5 Å². The molecule has 82 valence electrons. The average Bonchev–Trinajstić information content (AvgIpc) is 2.29. The molecule has 0 aliphatic rings. The molecule has 1 unspecified atom stereocenters. The smallest absolute Gasteiger partial charge is 0.115 e. The van der Waals surface area contributed by atoms with E-state index in [0.29, 0.717) is 5.02 Å². The molecule has 5 heteroatoms. The molecule has 1 aromatic heterocycles. The molecule has 3 nitrogen and oxygen atoms in total. The normalized spacial score (nSPS) is 12.4. The van der Waals surface area contributed by atoms with Crippen LogP contribution in [0.5, 0.6) is 0 Å². The highest BCUT2D eigenvalue weighted by atomic mass is 79.9. The Morgan fingerprint density at radius 1 is 1.25 bits per heavy atom. The lowest BCUT2D eigenvalue weighted by Gasteiger charge is -2.13. The Labute approximate surface area is 107 Å². The van der Waals surface area contributed by atoms with Crippen LogP contribution in [-0.4, -0.2) is 9.97 Å². The standard InChI is InChI=1S/C11H9BrClN3/c12-10-3-8(13)1-2-9(10)11(14)7-4-15-6-16-5-7/h1-6,11H,14H2. The van der Waals surface area contributed by atoms with Crippen molar-refractivity contribution in [2.24, 2.45) is 5.73 Å². The van der Waals surface area contributed by atoms with Crippen molar-refractivity contribution >= 4 is 27.5 Å². The maximum atomic E-state index is 6.11. The van der Waals surface area contributed by atoms with E-state index in [1.165, 1.54) is 6.33 Å². The number of hydrogen-bond acceptors (Lipinski definition) is 3. The number of hydrogen-bond donors (Lipinski definition) is 1. The minimum Gasteiger partial charge on any atom is -0.320 e. The van der Waals surface area contributed by atoms with Gasteiger partial charge in [-0.05, 0) is 17.7 Å². The van der Waals surface area contributed by atoms with Crippen molar-refractivity contribution in [2.75, 3.05) is 0 Å². The third-order valence-electron chi connectivity index (χ3n) is 2.24. The summed E-state index contributed by atoms with van der Waals surface area (Å²) in [6.07, 6.45) is 4.89. The minimum atomic E-state index is -0.257. The third-order valence-corrected chi connectivity index (χ3v) is 3.16. The zero-order chi connectivity index (χ0) is 11.5. The van der Waals surface area contributed by atoms with Gasteiger partial charge in [-0.3, -0.25) is 0 Å². The molecule has 0 aliphatic carbocycles. The fourth-order valence-electron chi connectivity index (χ4n) is 1.40. The Kier molecular flexibility index (Phi) is 3.53. The first-order valence-electron chi connectivity index (χ1n) is 4.64. The van der Waals surface area contributed by atoms with Gasteiger partial charge in [0.1, 0.15) is 6.33 Å². The van der Waals surface area contributed by atoms with Gasteiger partial charge < -0.3 is 5.73 Å². The second kappa shape index (κ2) is 4.91. The van der Waals surface area contributed by atoms with Crippen molar-refractivity contribution in [3.8, 4) is 0 Å². The minimum absolute atomic E-state index is 0.257. The van der Waals surface area contributed by atoms with E-state index in [0.717, 1.165) is 15.6 Å². The topological polar surface area (TPSA) is 51.8 Å². The summed E-state index contributed by atoms with van der Waals surface area (Å²) in [5, 5.41) is 0.673. The van der Waals surface area contributed by atoms with Crippen LogP contribution in [0.2, 0.25) is 5.02 Å². The highest BCUT2D eigenvalue weighted by Crippen LogP contribution is 2.28. The average molecular weight is 299 g/mol. The van der Waals surface area contributed by atoms with Gasteiger partial charge in [0.05, 0.1) is 6.04 Å². The molecule has 0 radical (unpaired) electrons. The number of rotatable bonds is 2. The summed E-state index contributed by atoms with van der Waals surface area (Å²) < 4.78 is 0.886. The Balaban J connectivity index is 2.38. The van der Waals surface area contributed by atoms with Crippen LogP contribution in [-0.2, 0) is 0 Å². The summed E-state index contributed by atoms with van der Waals surface area (Å²) in [5.74, 6) is 0. The van der Waals surface area contributed by atoms with E-state index in [2.05, 4.69) is 25.9 Å². The van der Waals surface area contributed by atoms with Crippen molar-refractivity contribution in [1.82, 2.24) is 9.97 Å². The van der Waals surface area contributed by atoms with Crippen LogP contribution in [0.3, 0.4) is 0 Å². The molecule has 16 heavy (non-hydrogen) atoms. The summed E-state index contributed by atoms with van der Waals surface area (Å²) in [5.41, 5.74) is 7.94. The fraction of sp³-hybridized carbons (Fsp3) is 0.0909. The summed E-state index contributed by atoms with van der Waals surface area (Å²) in [7, 11) is 0. The SMILES string of the molecule is NC(c1cncnc1)c1ccc(Cl)cc1Br. The lowest BCUT2D eigenvalue weighted by molar-refractivity contribution is 0.846. The monoisotopic (exact) mass is 297 g/mol. The fourth-order valence-corrected chi connectivity index (χ4v) is 2.33. The van der Waals surface area contributed by atoms with Crippen LogP contribution in [0.4, 0.5) is 0 Å². The number of nitrogens with zero attached hydrogens (tertiary/aromatic N) is 2. The first kappa shape index (κ1) is 11.5. The first-order chi connectivity index (χ1) is 7.68. The molecule has 2 rings (SSSR count). The Bertz CT molecular complexity index is 490. The second-order valence-corrected chi connectivity index (χ2v) is 4.61. The number of nitrogens with two attached hydrogens (primary N) is 1. The quantitative estimate of drug-likeness (QED) is 0.927. The van der Waals surface area contributed by atoms with Crippen molar-refractivity contribution in [2.45, 2.75) is 6.04 Å². The van der Waals surface area contributed by atoms with Crippen LogP contribution >= 0.6 is 27.5 Å². The van der Waals surface area contributed by atoms with E-state index in [1.54, 1.807) is 12.4 Å². The van der Waals surface area contributed by atoms with Crippen LogP contribution in [0.15, 0.2) is 41.4 Å². The van der Waals surface area contributed by atoms with Crippen molar-refractivity contribution < 1.29 is 0 Å².